The number of aromatic amines is 2. The van der Waals surface area contributed by atoms with Crippen molar-refractivity contribution in [3.8, 4) is 33.1 Å². The third-order valence-electron chi connectivity index (χ3n) is 6.06. The van der Waals surface area contributed by atoms with E-state index in [1.54, 1.807) is 6.20 Å². The van der Waals surface area contributed by atoms with Crippen LogP contribution in [0.5, 0.6) is 0 Å². The zero-order valence-corrected chi connectivity index (χ0v) is 21.9. The predicted octanol–water partition coefficient (Wildman–Crippen LogP) is 7.92. The molecule has 0 aliphatic rings. The lowest BCUT2D eigenvalue weighted by Crippen LogP contribution is -2.02. The van der Waals surface area contributed by atoms with Gasteiger partial charge in [0.15, 0.2) is 0 Å². The predicted molar refractivity (Wildman–Crippen MR) is 153 cm³/mol. The standard InChI is InChI=1S/C28H24ClN7S/c1-15(2)8-16(3)32-18-9-17(11-30-12-18)21-4-5-22-27(34-21)28(36-35-22)23-10-19-20(13-31-14-24(19)33-23)25-6-7-26(29)37-25/h4-7,9-15,32-33H,3,8H2,1-2H3,(H,35,36). The lowest BCUT2D eigenvalue weighted by molar-refractivity contribution is 0.645. The van der Waals surface area contributed by atoms with Crippen LogP contribution in [0.4, 0.5) is 5.69 Å². The molecule has 6 aromatic heterocycles. The number of nitrogens with one attached hydrogen (secondary N) is 3. The fraction of sp³-hybridized carbons (Fsp3) is 0.143. The number of halogens is 1. The van der Waals surface area contributed by atoms with E-state index in [1.165, 1.54) is 11.3 Å². The molecule has 6 aromatic rings. The van der Waals surface area contributed by atoms with E-state index in [-0.39, 0.29) is 0 Å². The normalized spacial score (nSPS) is 11.6. The minimum atomic E-state index is 0.527. The summed E-state index contributed by atoms with van der Waals surface area (Å²) in [7, 11) is 0. The molecule has 7 nitrogen and oxygen atoms in total. The van der Waals surface area contributed by atoms with Gasteiger partial charge >= 0.3 is 0 Å². The molecule has 0 amide bonds. The summed E-state index contributed by atoms with van der Waals surface area (Å²) in [6, 6.07) is 12.0. The molecule has 0 aliphatic heterocycles. The largest absolute Gasteiger partial charge is 0.358 e. The van der Waals surface area contributed by atoms with E-state index in [9.17, 15) is 0 Å². The van der Waals surface area contributed by atoms with Crippen LogP contribution in [0, 0.1) is 5.92 Å². The Morgan fingerprint density at radius 2 is 1.92 bits per heavy atom. The van der Waals surface area contributed by atoms with E-state index in [1.807, 2.05) is 48.9 Å². The first-order valence-corrected chi connectivity index (χ1v) is 13.1. The number of rotatable bonds is 7. The average Bonchev–Trinajstić information content (AvgIpc) is 3.60. The van der Waals surface area contributed by atoms with E-state index in [2.05, 4.69) is 57.0 Å². The molecule has 0 unspecified atom stereocenters. The van der Waals surface area contributed by atoms with Crippen molar-refractivity contribution < 1.29 is 0 Å². The van der Waals surface area contributed by atoms with Gasteiger partial charge in [-0.25, -0.2) is 4.98 Å². The van der Waals surface area contributed by atoms with Crippen molar-refractivity contribution in [2.24, 2.45) is 5.92 Å². The monoisotopic (exact) mass is 525 g/mol. The van der Waals surface area contributed by atoms with Crippen LogP contribution in [-0.4, -0.2) is 30.1 Å². The van der Waals surface area contributed by atoms with Gasteiger partial charge in [-0.15, -0.1) is 11.3 Å². The zero-order valence-electron chi connectivity index (χ0n) is 20.3. The fourth-order valence-electron chi connectivity index (χ4n) is 4.48. The summed E-state index contributed by atoms with van der Waals surface area (Å²) in [4.78, 5) is 18.3. The van der Waals surface area contributed by atoms with Crippen LogP contribution < -0.4 is 5.32 Å². The van der Waals surface area contributed by atoms with Crippen LogP contribution in [0.2, 0.25) is 4.34 Å². The molecule has 0 radical (unpaired) electrons. The number of hydrogen-bond acceptors (Lipinski definition) is 6. The highest BCUT2D eigenvalue weighted by Gasteiger charge is 2.16. The van der Waals surface area contributed by atoms with Crippen LogP contribution in [0.1, 0.15) is 20.3 Å². The summed E-state index contributed by atoms with van der Waals surface area (Å²) in [5, 5.41) is 12.1. The Morgan fingerprint density at radius 3 is 2.73 bits per heavy atom. The number of fused-ring (bicyclic) bond motifs is 2. The van der Waals surface area contributed by atoms with E-state index in [4.69, 9.17) is 16.6 Å². The Bertz CT molecular complexity index is 1760. The molecule has 0 bridgehead atoms. The fourth-order valence-corrected chi connectivity index (χ4v) is 5.55. The maximum atomic E-state index is 6.19. The van der Waals surface area contributed by atoms with Crippen molar-refractivity contribution >= 4 is 50.6 Å². The van der Waals surface area contributed by atoms with E-state index >= 15 is 0 Å². The Morgan fingerprint density at radius 1 is 1.05 bits per heavy atom. The molecule has 0 saturated carbocycles. The van der Waals surface area contributed by atoms with Gasteiger partial charge in [0.1, 0.15) is 11.2 Å². The molecule has 6 rings (SSSR count). The molecule has 0 aliphatic carbocycles. The van der Waals surface area contributed by atoms with E-state index in [0.717, 1.165) is 77.2 Å². The van der Waals surface area contributed by atoms with Gasteiger partial charge in [-0.3, -0.25) is 15.1 Å². The molecule has 9 heteroatoms. The second-order valence-corrected chi connectivity index (χ2v) is 11.1. The number of nitrogens with zero attached hydrogens (tertiary/aromatic N) is 4. The molecule has 0 atom stereocenters. The highest BCUT2D eigenvalue weighted by molar-refractivity contribution is 7.19. The van der Waals surface area contributed by atoms with Crippen LogP contribution >= 0.6 is 22.9 Å². The smallest absolute Gasteiger partial charge is 0.135 e. The van der Waals surface area contributed by atoms with Crippen molar-refractivity contribution in [2.45, 2.75) is 20.3 Å². The number of thiophene rings is 1. The summed E-state index contributed by atoms with van der Waals surface area (Å²) < 4.78 is 0.746. The number of hydrogen-bond donors (Lipinski definition) is 3. The molecular formula is C28H24ClN7S. The molecule has 6 heterocycles. The van der Waals surface area contributed by atoms with Gasteiger partial charge in [0.25, 0.3) is 0 Å². The third kappa shape index (κ3) is 4.61. The van der Waals surface area contributed by atoms with Crippen LogP contribution in [-0.2, 0) is 0 Å². The molecule has 0 fully saturated rings. The van der Waals surface area contributed by atoms with Gasteiger partial charge in [-0.05, 0) is 48.7 Å². The van der Waals surface area contributed by atoms with Crippen LogP contribution in [0.15, 0.2) is 73.5 Å². The highest BCUT2D eigenvalue weighted by atomic mass is 35.5. The number of anilines is 1. The lowest BCUT2D eigenvalue weighted by Gasteiger charge is -2.12. The van der Waals surface area contributed by atoms with E-state index in [0.29, 0.717) is 5.92 Å². The van der Waals surface area contributed by atoms with Crippen molar-refractivity contribution in [3.63, 3.8) is 0 Å². The van der Waals surface area contributed by atoms with Gasteiger partial charge in [-0.2, -0.15) is 5.10 Å². The Kier molecular flexibility index (Phi) is 5.98. The number of allylic oxidation sites excluding steroid dienone is 1. The Balaban J connectivity index is 1.38. The molecule has 3 N–H and O–H groups in total. The summed E-state index contributed by atoms with van der Waals surface area (Å²) >= 11 is 7.72. The van der Waals surface area contributed by atoms with Gasteiger partial charge in [0.2, 0.25) is 0 Å². The second-order valence-electron chi connectivity index (χ2n) is 9.39. The maximum Gasteiger partial charge on any atom is 0.135 e. The van der Waals surface area contributed by atoms with Gasteiger partial charge in [0, 0.05) is 39.5 Å². The third-order valence-corrected chi connectivity index (χ3v) is 7.32. The summed E-state index contributed by atoms with van der Waals surface area (Å²) in [6.07, 6.45) is 8.20. The Labute approximate surface area is 222 Å². The summed E-state index contributed by atoms with van der Waals surface area (Å²) in [5.74, 6) is 0.527. The first kappa shape index (κ1) is 23.4. The highest BCUT2D eigenvalue weighted by Crippen LogP contribution is 2.37. The van der Waals surface area contributed by atoms with Crippen molar-refractivity contribution in [3.05, 3.63) is 77.8 Å². The van der Waals surface area contributed by atoms with Gasteiger partial charge in [-0.1, -0.05) is 32.0 Å². The number of pyridine rings is 3. The Hall–Kier alpha value is -4.01. The average molecular weight is 526 g/mol. The van der Waals surface area contributed by atoms with Gasteiger partial charge < -0.3 is 10.3 Å². The number of aromatic nitrogens is 6. The van der Waals surface area contributed by atoms with E-state index < -0.39 is 0 Å². The SMILES string of the molecule is C=C(CC(C)C)Nc1cncc(-c2ccc3[nH]nc(-c4cc5c(-c6ccc(Cl)s6)cncc5[nH]4)c3n2)c1. The van der Waals surface area contributed by atoms with Crippen molar-refractivity contribution in [1.82, 2.24) is 30.1 Å². The molecule has 0 aromatic carbocycles. The first-order valence-electron chi connectivity index (χ1n) is 11.9. The summed E-state index contributed by atoms with van der Waals surface area (Å²) in [5.41, 5.74) is 8.77. The molecule has 184 valence electrons. The van der Waals surface area contributed by atoms with Crippen LogP contribution in [0.3, 0.4) is 0 Å². The quantitative estimate of drug-likeness (QED) is 0.197. The molecule has 37 heavy (non-hydrogen) atoms. The topological polar surface area (TPSA) is 95.2 Å². The minimum Gasteiger partial charge on any atom is -0.358 e. The lowest BCUT2D eigenvalue weighted by atomic mass is 10.1. The number of H-pyrrole nitrogens is 2. The minimum absolute atomic E-state index is 0.527. The van der Waals surface area contributed by atoms with Gasteiger partial charge in [0.05, 0.1) is 44.8 Å². The first-order chi connectivity index (χ1) is 17.9. The second kappa shape index (κ2) is 9.46. The molecular weight excluding hydrogens is 502 g/mol. The zero-order chi connectivity index (χ0) is 25.5. The molecule has 0 spiro atoms. The summed E-state index contributed by atoms with van der Waals surface area (Å²) in [6.45, 7) is 8.48. The molecule has 0 saturated heterocycles. The van der Waals surface area contributed by atoms with Crippen molar-refractivity contribution in [1.29, 1.82) is 0 Å². The van der Waals surface area contributed by atoms with Crippen molar-refractivity contribution in [2.75, 3.05) is 5.32 Å². The maximum absolute atomic E-state index is 6.19. The van der Waals surface area contributed by atoms with Crippen LogP contribution in [0.25, 0.3) is 55.0 Å².